The average molecular weight is 400 g/mol. The van der Waals surface area contributed by atoms with Crippen LogP contribution in [0.4, 0.5) is 14.5 Å². The number of anilines is 1. The van der Waals surface area contributed by atoms with Crippen LogP contribution in [0.15, 0.2) is 18.2 Å². The van der Waals surface area contributed by atoms with Crippen molar-refractivity contribution in [1.29, 1.82) is 0 Å². The summed E-state index contributed by atoms with van der Waals surface area (Å²) in [7, 11) is 0. The Balaban J connectivity index is 2.04. The van der Waals surface area contributed by atoms with E-state index in [1.807, 2.05) is 22.6 Å². The highest BCUT2D eigenvalue weighted by atomic mass is 127. The third-order valence-electron chi connectivity index (χ3n) is 3.20. The number of halogens is 4. The molecule has 1 aromatic rings. The zero-order valence-corrected chi connectivity index (χ0v) is 13.0. The number of benzene rings is 1. The summed E-state index contributed by atoms with van der Waals surface area (Å²) in [6.07, 6.45) is 0.437. The lowest BCUT2D eigenvalue weighted by Gasteiger charge is -2.28. The predicted octanol–water partition coefficient (Wildman–Crippen LogP) is 4.71. The minimum absolute atomic E-state index is 0.116. The highest BCUT2D eigenvalue weighted by Gasteiger charge is 2.39. The first-order chi connectivity index (χ1) is 8.87. The van der Waals surface area contributed by atoms with E-state index in [0.717, 1.165) is 3.57 Å². The Morgan fingerprint density at radius 2 is 2.21 bits per heavy atom. The minimum Gasteiger partial charge on any atom is -0.325 e. The van der Waals surface area contributed by atoms with Crippen molar-refractivity contribution in [1.82, 2.24) is 0 Å². The Morgan fingerprint density at radius 1 is 1.47 bits per heavy atom. The second-order valence-corrected chi connectivity index (χ2v) is 6.36. The molecule has 1 fully saturated rings. The van der Waals surface area contributed by atoms with E-state index in [-0.39, 0.29) is 18.7 Å². The average Bonchev–Trinajstić information content (AvgIpc) is 2.31. The highest BCUT2D eigenvalue weighted by molar-refractivity contribution is 14.1. The van der Waals surface area contributed by atoms with Crippen LogP contribution in [0, 0.1) is 9.49 Å². The molecule has 0 aliphatic heterocycles. The molecule has 0 saturated heterocycles. The molecular weight excluding hydrogens is 387 g/mol. The lowest BCUT2D eigenvalue weighted by atomic mass is 9.86. The molecule has 0 aromatic heterocycles. The van der Waals surface area contributed by atoms with Crippen molar-refractivity contribution in [3.8, 4) is 0 Å². The van der Waals surface area contributed by atoms with Crippen molar-refractivity contribution in [3.63, 3.8) is 0 Å². The van der Waals surface area contributed by atoms with Gasteiger partial charge in [0, 0.05) is 27.4 Å². The summed E-state index contributed by atoms with van der Waals surface area (Å²) in [6.45, 7) is 0. The van der Waals surface area contributed by atoms with Gasteiger partial charge in [0.1, 0.15) is 0 Å². The molecule has 2 nitrogen and oxygen atoms in total. The fourth-order valence-electron chi connectivity index (χ4n) is 2.22. The monoisotopic (exact) mass is 399 g/mol. The molecule has 0 bridgehead atoms. The van der Waals surface area contributed by atoms with Gasteiger partial charge >= 0.3 is 0 Å². The largest absolute Gasteiger partial charge is 0.325 e. The fraction of sp³-hybridized carbons (Fsp3) is 0.462. The van der Waals surface area contributed by atoms with Crippen molar-refractivity contribution >= 4 is 45.8 Å². The standard InChI is InChI=1S/C13H13ClF2INO/c14-9-3-4-11(10(17)6-9)18-12(19)8-2-1-5-13(15,16)7-8/h3-4,6,8H,1-2,5,7H2,(H,18,19). The van der Waals surface area contributed by atoms with E-state index >= 15 is 0 Å². The molecular formula is C13H13ClF2INO. The zero-order chi connectivity index (χ0) is 14.0. The molecule has 1 amide bonds. The first-order valence-electron chi connectivity index (χ1n) is 6.01. The number of carbonyl (C=O) groups is 1. The third kappa shape index (κ3) is 4.02. The molecule has 1 aliphatic rings. The highest BCUT2D eigenvalue weighted by Crippen LogP contribution is 2.37. The van der Waals surface area contributed by atoms with Gasteiger partial charge in [-0.1, -0.05) is 11.6 Å². The van der Waals surface area contributed by atoms with E-state index in [2.05, 4.69) is 5.32 Å². The maximum atomic E-state index is 13.3. The third-order valence-corrected chi connectivity index (χ3v) is 4.33. The van der Waals surface area contributed by atoms with Gasteiger partial charge in [-0.2, -0.15) is 0 Å². The number of hydrogen-bond donors (Lipinski definition) is 1. The van der Waals surface area contributed by atoms with Gasteiger partial charge in [0.2, 0.25) is 11.8 Å². The van der Waals surface area contributed by atoms with Gasteiger partial charge in [-0.25, -0.2) is 8.78 Å². The van der Waals surface area contributed by atoms with Gasteiger partial charge < -0.3 is 5.32 Å². The van der Waals surface area contributed by atoms with E-state index in [4.69, 9.17) is 11.6 Å². The first-order valence-corrected chi connectivity index (χ1v) is 7.47. The quantitative estimate of drug-likeness (QED) is 0.717. The molecule has 104 valence electrons. The van der Waals surface area contributed by atoms with Gasteiger partial charge in [-0.3, -0.25) is 4.79 Å². The van der Waals surface area contributed by atoms with E-state index in [9.17, 15) is 13.6 Å². The number of alkyl halides is 2. The molecule has 1 aromatic carbocycles. The van der Waals surface area contributed by atoms with Gasteiger partial charge in [0.05, 0.1) is 5.69 Å². The summed E-state index contributed by atoms with van der Waals surface area (Å²) in [6, 6.07) is 5.06. The van der Waals surface area contributed by atoms with Crippen molar-refractivity contribution in [2.45, 2.75) is 31.6 Å². The molecule has 0 heterocycles. The van der Waals surface area contributed by atoms with Crippen LogP contribution in [-0.2, 0) is 4.79 Å². The van der Waals surface area contributed by atoms with Crippen molar-refractivity contribution in [2.75, 3.05) is 5.32 Å². The van der Waals surface area contributed by atoms with Crippen LogP contribution >= 0.6 is 34.2 Å². The van der Waals surface area contributed by atoms with E-state index < -0.39 is 11.8 Å². The summed E-state index contributed by atoms with van der Waals surface area (Å²) >= 11 is 7.87. The zero-order valence-electron chi connectivity index (χ0n) is 10.1. The number of rotatable bonds is 2. The molecule has 1 aliphatic carbocycles. The van der Waals surface area contributed by atoms with Gasteiger partial charge in [-0.15, -0.1) is 0 Å². The molecule has 1 N–H and O–H groups in total. The van der Waals surface area contributed by atoms with Crippen LogP contribution in [-0.4, -0.2) is 11.8 Å². The Bertz CT molecular complexity index is 496. The predicted molar refractivity (Wildman–Crippen MR) is 79.7 cm³/mol. The van der Waals surface area contributed by atoms with Gasteiger partial charge in [0.25, 0.3) is 0 Å². The molecule has 0 radical (unpaired) electrons. The fourth-order valence-corrected chi connectivity index (χ4v) is 3.23. The van der Waals surface area contributed by atoms with E-state index in [1.54, 1.807) is 18.2 Å². The molecule has 2 rings (SSSR count). The summed E-state index contributed by atoms with van der Waals surface area (Å²) in [5, 5.41) is 3.28. The molecule has 19 heavy (non-hydrogen) atoms. The van der Waals surface area contributed by atoms with Crippen LogP contribution in [0.3, 0.4) is 0 Å². The first kappa shape index (κ1) is 15.0. The molecule has 1 unspecified atom stereocenters. The molecule has 1 saturated carbocycles. The second-order valence-electron chi connectivity index (χ2n) is 4.76. The lowest BCUT2D eigenvalue weighted by Crippen LogP contribution is -2.33. The minimum atomic E-state index is -2.71. The van der Waals surface area contributed by atoms with Crippen LogP contribution in [0.2, 0.25) is 5.02 Å². The van der Waals surface area contributed by atoms with Crippen molar-refractivity contribution in [2.24, 2.45) is 5.92 Å². The summed E-state index contributed by atoms with van der Waals surface area (Å²) in [4.78, 5) is 12.0. The van der Waals surface area contributed by atoms with E-state index in [1.165, 1.54) is 0 Å². The Hall–Kier alpha value is -0.430. The molecule has 6 heteroatoms. The Labute approximate surface area is 129 Å². The Kier molecular flexibility index (Phi) is 4.66. The molecule has 1 atom stereocenters. The number of nitrogens with one attached hydrogen (secondary N) is 1. The maximum Gasteiger partial charge on any atom is 0.248 e. The number of carbonyl (C=O) groups excluding carboxylic acids is 1. The normalized spacial score (nSPS) is 22.0. The summed E-state index contributed by atoms with van der Waals surface area (Å²) < 4.78 is 27.4. The summed E-state index contributed by atoms with van der Waals surface area (Å²) in [5.41, 5.74) is 0.615. The van der Waals surface area contributed by atoms with Gasteiger partial charge in [-0.05, 0) is 53.6 Å². The van der Waals surface area contributed by atoms with E-state index in [0.29, 0.717) is 23.6 Å². The van der Waals surface area contributed by atoms with Gasteiger partial charge in [0.15, 0.2) is 0 Å². The van der Waals surface area contributed by atoms with Crippen LogP contribution in [0.1, 0.15) is 25.7 Å². The number of hydrogen-bond acceptors (Lipinski definition) is 1. The molecule has 0 spiro atoms. The maximum absolute atomic E-state index is 13.3. The van der Waals surface area contributed by atoms with Crippen LogP contribution in [0.25, 0.3) is 0 Å². The van der Waals surface area contributed by atoms with Crippen molar-refractivity contribution in [3.05, 3.63) is 26.8 Å². The lowest BCUT2D eigenvalue weighted by molar-refractivity contribution is -0.127. The summed E-state index contributed by atoms with van der Waals surface area (Å²) in [5.74, 6) is -3.66. The smallest absolute Gasteiger partial charge is 0.248 e. The van der Waals surface area contributed by atoms with Crippen molar-refractivity contribution < 1.29 is 13.6 Å². The second kappa shape index (κ2) is 5.91. The Morgan fingerprint density at radius 3 is 2.84 bits per heavy atom. The number of amides is 1. The SMILES string of the molecule is O=C(Nc1ccc(Cl)cc1I)C1CCCC(F)(F)C1. The topological polar surface area (TPSA) is 29.1 Å². The van der Waals surface area contributed by atoms with Crippen LogP contribution < -0.4 is 5.32 Å². The van der Waals surface area contributed by atoms with Crippen LogP contribution in [0.5, 0.6) is 0 Å².